The first-order valence-corrected chi connectivity index (χ1v) is 5.68. The molecule has 4 N–H and O–H groups in total. The van der Waals surface area contributed by atoms with Gasteiger partial charge in [0.1, 0.15) is 10.7 Å². The van der Waals surface area contributed by atoms with Crippen LogP contribution >= 0.6 is 11.3 Å². The summed E-state index contributed by atoms with van der Waals surface area (Å²) in [6, 6.07) is 0. The lowest BCUT2D eigenvalue weighted by Gasteiger charge is -1.97. The summed E-state index contributed by atoms with van der Waals surface area (Å²) in [7, 11) is 0. The van der Waals surface area contributed by atoms with Crippen molar-refractivity contribution >= 4 is 28.2 Å². The molecular formula is C10H14N4OS. The van der Waals surface area contributed by atoms with Gasteiger partial charge in [0.25, 0.3) is 5.91 Å². The zero-order valence-electron chi connectivity index (χ0n) is 9.26. The van der Waals surface area contributed by atoms with E-state index >= 15 is 0 Å². The second-order valence-corrected chi connectivity index (χ2v) is 3.87. The fraction of sp³-hybridized carbons (Fsp3) is 0.400. The number of carbonyl (C=O) groups is 1. The van der Waals surface area contributed by atoms with E-state index in [0.717, 1.165) is 6.54 Å². The molecule has 0 bridgehead atoms. The third-order valence-corrected chi connectivity index (χ3v) is 2.73. The molecule has 86 valence electrons. The number of nitrogens with two attached hydrogens (primary N) is 1. The molecule has 0 unspecified atom stereocenters. The first-order chi connectivity index (χ1) is 7.69. The number of thiazole rings is 1. The van der Waals surface area contributed by atoms with E-state index in [1.807, 2.05) is 6.92 Å². The molecule has 1 rings (SSSR count). The van der Waals surface area contributed by atoms with Gasteiger partial charge in [0.2, 0.25) is 0 Å². The molecule has 0 radical (unpaired) electrons. The minimum absolute atomic E-state index is 0.234. The van der Waals surface area contributed by atoms with Crippen LogP contribution in [0.1, 0.15) is 23.5 Å². The van der Waals surface area contributed by atoms with Crippen molar-refractivity contribution in [2.75, 3.05) is 24.1 Å². The van der Waals surface area contributed by atoms with Crippen molar-refractivity contribution in [1.29, 1.82) is 0 Å². The number of amides is 1. The number of hydrogen-bond donors (Lipinski definition) is 3. The van der Waals surface area contributed by atoms with Crippen LogP contribution in [0.4, 0.5) is 10.9 Å². The lowest BCUT2D eigenvalue weighted by molar-refractivity contribution is 0.0963. The summed E-state index contributed by atoms with van der Waals surface area (Å²) in [5.41, 5.74) is 5.64. The summed E-state index contributed by atoms with van der Waals surface area (Å²) in [5, 5.41) is 6.32. The van der Waals surface area contributed by atoms with Crippen molar-refractivity contribution in [1.82, 2.24) is 10.3 Å². The Morgan fingerprint density at radius 1 is 1.62 bits per heavy atom. The van der Waals surface area contributed by atoms with E-state index in [2.05, 4.69) is 27.5 Å². The van der Waals surface area contributed by atoms with Crippen molar-refractivity contribution in [3.63, 3.8) is 0 Å². The van der Waals surface area contributed by atoms with Crippen LogP contribution in [-0.4, -0.2) is 24.0 Å². The summed E-state index contributed by atoms with van der Waals surface area (Å²) in [4.78, 5) is 16.1. The predicted octanol–water partition coefficient (Wildman–Crippen LogP) is 0.910. The second-order valence-electron chi connectivity index (χ2n) is 2.87. The van der Waals surface area contributed by atoms with Crippen LogP contribution in [0, 0.1) is 11.8 Å². The first-order valence-electron chi connectivity index (χ1n) is 4.87. The fourth-order valence-corrected chi connectivity index (χ4v) is 1.88. The fourth-order valence-electron chi connectivity index (χ4n) is 1.01. The average molecular weight is 238 g/mol. The predicted molar refractivity (Wildman–Crippen MR) is 66.5 cm³/mol. The standard InChI is InChI=1S/C10H14N4OS/c1-3-5-6-13-9(15)7-8(11)14-10(16-7)12-4-2/h4,6,11H2,1-2H3,(H,12,14)(H,13,15). The maximum Gasteiger partial charge on any atom is 0.266 e. The molecule has 0 fully saturated rings. The third kappa shape index (κ3) is 3.14. The SMILES string of the molecule is CC#CCNC(=O)c1sc(NCC)nc1N. The summed E-state index contributed by atoms with van der Waals surface area (Å²) >= 11 is 1.24. The van der Waals surface area contributed by atoms with Gasteiger partial charge in [-0.2, -0.15) is 0 Å². The molecule has 0 aliphatic carbocycles. The lowest BCUT2D eigenvalue weighted by atomic mass is 10.4. The molecule has 5 nitrogen and oxygen atoms in total. The second kappa shape index (κ2) is 5.98. The highest BCUT2D eigenvalue weighted by molar-refractivity contribution is 7.18. The number of carbonyl (C=O) groups excluding carboxylic acids is 1. The van der Waals surface area contributed by atoms with Gasteiger partial charge in [-0.05, 0) is 13.8 Å². The van der Waals surface area contributed by atoms with Gasteiger partial charge in [-0.25, -0.2) is 4.98 Å². The molecule has 1 aromatic heterocycles. The van der Waals surface area contributed by atoms with E-state index in [9.17, 15) is 4.79 Å². The average Bonchev–Trinajstić information content (AvgIpc) is 2.60. The quantitative estimate of drug-likeness (QED) is 0.681. The molecule has 6 heteroatoms. The van der Waals surface area contributed by atoms with Crippen LogP contribution in [-0.2, 0) is 0 Å². The van der Waals surface area contributed by atoms with E-state index in [1.54, 1.807) is 6.92 Å². The van der Waals surface area contributed by atoms with E-state index in [1.165, 1.54) is 11.3 Å². The van der Waals surface area contributed by atoms with Crippen LogP contribution in [0.15, 0.2) is 0 Å². The number of aromatic nitrogens is 1. The Morgan fingerprint density at radius 3 is 3.00 bits per heavy atom. The maximum atomic E-state index is 11.6. The number of rotatable bonds is 4. The molecular weight excluding hydrogens is 224 g/mol. The van der Waals surface area contributed by atoms with Crippen molar-refractivity contribution in [3.05, 3.63) is 4.88 Å². The minimum Gasteiger partial charge on any atom is -0.382 e. The van der Waals surface area contributed by atoms with Gasteiger partial charge in [0, 0.05) is 6.54 Å². The van der Waals surface area contributed by atoms with Crippen molar-refractivity contribution in [3.8, 4) is 11.8 Å². The van der Waals surface area contributed by atoms with Gasteiger partial charge in [0.15, 0.2) is 5.13 Å². The van der Waals surface area contributed by atoms with Gasteiger partial charge >= 0.3 is 0 Å². The van der Waals surface area contributed by atoms with Gasteiger partial charge < -0.3 is 16.4 Å². The van der Waals surface area contributed by atoms with Gasteiger partial charge in [0.05, 0.1) is 6.54 Å². The normalized spacial score (nSPS) is 9.12. The van der Waals surface area contributed by atoms with Crippen molar-refractivity contribution in [2.45, 2.75) is 13.8 Å². The van der Waals surface area contributed by atoms with Gasteiger partial charge in [-0.15, -0.1) is 5.92 Å². The Balaban J connectivity index is 2.69. The molecule has 1 amide bonds. The smallest absolute Gasteiger partial charge is 0.266 e. The Kier molecular flexibility index (Phi) is 4.61. The van der Waals surface area contributed by atoms with Gasteiger partial charge in [-0.3, -0.25) is 4.79 Å². The summed E-state index contributed by atoms with van der Waals surface area (Å²) in [5.74, 6) is 5.46. The number of nitrogen functional groups attached to an aromatic ring is 1. The summed E-state index contributed by atoms with van der Waals surface area (Å²) in [6.45, 7) is 4.74. The van der Waals surface area contributed by atoms with E-state index in [-0.39, 0.29) is 11.7 Å². The van der Waals surface area contributed by atoms with Gasteiger partial charge in [-0.1, -0.05) is 17.3 Å². The molecule has 0 spiro atoms. The third-order valence-electron chi connectivity index (χ3n) is 1.70. The maximum absolute atomic E-state index is 11.6. The highest BCUT2D eigenvalue weighted by Gasteiger charge is 2.14. The molecule has 1 heterocycles. The first kappa shape index (κ1) is 12.3. The molecule has 0 aliphatic heterocycles. The molecule has 1 aromatic rings. The topological polar surface area (TPSA) is 80.0 Å². The van der Waals surface area contributed by atoms with Crippen LogP contribution in [0.25, 0.3) is 0 Å². The number of hydrogen-bond acceptors (Lipinski definition) is 5. The van der Waals surface area contributed by atoms with E-state index in [0.29, 0.717) is 16.6 Å². The summed E-state index contributed by atoms with van der Waals surface area (Å²) in [6.07, 6.45) is 0. The Hall–Kier alpha value is -1.74. The van der Waals surface area contributed by atoms with Crippen LogP contribution in [0.2, 0.25) is 0 Å². The van der Waals surface area contributed by atoms with E-state index in [4.69, 9.17) is 5.73 Å². The number of nitrogens with zero attached hydrogens (tertiary/aromatic N) is 1. The monoisotopic (exact) mass is 238 g/mol. The Morgan fingerprint density at radius 2 is 2.38 bits per heavy atom. The van der Waals surface area contributed by atoms with Crippen LogP contribution < -0.4 is 16.4 Å². The van der Waals surface area contributed by atoms with Crippen LogP contribution in [0.5, 0.6) is 0 Å². The molecule has 0 aromatic carbocycles. The Labute approximate surface area is 98.4 Å². The number of nitrogens with one attached hydrogen (secondary N) is 2. The summed E-state index contributed by atoms with van der Waals surface area (Å²) < 4.78 is 0. The highest BCUT2D eigenvalue weighted by atomic mass is 32.1. The van der Waals surface area contributed by atoms with Crippen molar-refractivity contribution < 1.29 is 4.79 Å². The Bertz CT molecular complexity index is 430. The molecule has 0 saturated heterocycles. The highest BCUT2D eigenvalue weighted by Crippen LogP contribution is 2.24. The largest absolute Gasteiger partial charge is 0.382 e. The molecule has 0 saturated carbocycles. The molecule has 0 aliphatic rings. The van der Waals surface area contributed by atoms with Crippen molar-refractivity contribution in [2.24, 2.45) is 0 Å². The van der Waals surface area contributed by atoms with Crippen LogP contribution in [0.3, 0.4) is 0 Å². The number of anilines is 2. The molecule has 16 heavy (non-hydrogen) atoms. The lowest BCUT2D eigenvalue weighted by Crippen LogP contribution is -2.23. The van der Waals surface area contributed by atoms with E-state index < -0.39 is 0 Å². The minimum atomic E-state index is -0.234. The molecule has 0 atom stereocenters. The zero-order chi connectivity index (χ0) is 12.0. The zero-order valence-corrected chi connectivity index (χ0v) is 10.1.